The van der Waals surface area contributed by atoms with Crippen molar-refractivity contribution in [1.29, 1.82) is 0 Å². The van der Waals surface area contributed by atoms with Crippen LogP contribution in [0.2, 0.25) is 0 Å². The standard InChI is InChI=1S/C13H14N/c1-3-11-9-10-14(4-2)13-8-6-5-7-12(11)13/h3,5-10H,1,4H2,2H3/q+1. The number of aryl methyl sites for hydroxylation is 1. The summed E-state index contributed by atoms with van der Waals surface area (Å²) in [7, 11) is 0. The number of hydrogen-bond donors (Lipinski definition) is 0. The highest BCUT2D eigenvalue weighted by Gasteiger charge is 2.07. The fraction of sp³-hybridized carbons (Fsp3) is 0.154. The second-order valence-corrected chi connectivity index (χ2v) is 3.28. The van der Waals surface area contributed by atoms with Gasteiger partial charge in [-0.15, -0.1) is 0 Å². The van der Waals surface area contributed by atoms with E-state index in [1.165, 1.54) is 16.5 Å². The van der Waals surface area contributed by atoms with E-state index in [1.54, 1.807) is 0 Å². The summed E-state index contributed by atoms with van der Waals surface area (Å²) in [6.07, 6.45) is 4.02. The molecule has 0 bridgehead atoms. The van der Waals surface area contributed by atoms with Gasteiger partial charge in [-0.25, -0.2) is 0 Å². The number of benzene rings is 1. The van der Waals surface area contributed by atoms with Crippen molar-refractivity contribution in [2.24, 2.45) is 0 Å². The van der Waals surface area contributed by atoms with Gasteiger partial charge in [0.2, 0.25) is 5.52 Å². The first-order valence-electron chi connectivity index (χ1n) is 4.90. The number of pyridine rings is 1. The molecular weight excluding hydrogens is 170 g/mol. The lowest BCUT2D eigenvalue weighted by molar-refractivity contribution is -0.667. The molecule has 2 rings (SSSR count). The van der Waals surface area contributed by atoms with E-state index >= 15 is 0 Å². The van der Waals surface area contributed by atoms with Crippen molar-refractivity contribution in [3.05, 3.63) is 48.7 Å². The highest BCUT2D eigenvalue weighted by Crippen LogP contribution is 2.15. The molecule has 1 heteroatoms. The Hall–Kier alpha value is -1.63. The zero-order chi connectivity index (χ0) is 9.97. The van der Waals surface area contributed by atoms with Crippen LogP contribution in [0.5, 0.6) is 0 Å². The lowest BCUT2D eigenvalue weighted by Gasteiger charge is -2.01. The van der Waals surface area contributed by atoms with E-state index in [9.17, 15) is 0 Å². The number of rotatable bonds is 2. The molecule has 0 aliphatic heterocycles. The summed E-state index contributed by atoms with van der Waals surface area (Å²) in [6, 6.07) is 10.5. The predicted molar refractivity (Wildman–Crippen MR) is 59.9 cm³/mol. The highest BCUT2D eigenvalue weighted by molar-refractivity contribution is 5.85. The molecule has 0 saturated carbocycles. The van der Waals surface area contributed by atoms with Crippen LogP contribution >= 0.6 is 0 Å². The molecule has 0 unspecified atom stereocenters. The fourth-order valence-electron chi connectivity index (χ4n) is 1.76. The summed E-state index contributed by atoms with van der Waals surface area (Å²) in [5.41, 5.74) is 2.47. The van der Waals surface area contributed by atoms with Gasteiger partial charge in [0.25, 0.3) is 0 Å². The number of para-hydroxylation sites is 1. The largest absolute Gasteiger partial charge is 0.213 e. The third-order valence-electron chi connectivity index (χ3n) is 2.52. The maximum absolute atomic E-state index is 3.83. The van der Waals surface area contributed by atoms with Crippen molar-refractivity contribution < 1.29 is 4.57 Å². The molecule has 2 aromatic rings. The van der Waals surface area contributed by atoms with Gasteiger partial charge < -0.3 is 0 Å². The summed E-state index contributed by atoms with van der Waals surface area (Å²) in [4.78, 5) is 0. The molecule has 0 N–H and O–H groups in total. The summed E-state index contributed by atoms with van der Waals surface area (Å²) in [5.74, 6) is 0. The first kappa shape index (κ1) is 8.95. The molecule has 0 atom stereocenters. The molecule has 0 aliphatic rings. The van der Waals surface area contributed by atoms with Crippen molar-refractivity contribution in [3.63, 3.8) is 0 Å². The molecule has 14 heavy (non-hydrogen) atoms. The molecule has 70 valence electrons. The summed E-state index contributed by atoms with van der Waals surface area (Å²) in [6.45, 7) is 6.98. The van der Waals surface area contributed by atoms with E-state index in [0.717, 1.165) is 6.54 Å². The van der Waals surface area contributed by atoms with Crippen LogP contribution in [0.3, 0.4) is 0 Å². The van der Waals surface area contributed by atoms with Gasteiger partial charge in [-0.05, 0) is 18.6 Å². The Balaban J connectivity index is 2.84. The highest BCUT2D eigenvalue weighted by atomic mass is 14.9. The van der Waals surface area contributed by atoms with Crippen LogP contribution in [0.4, 0.5) is 0 Å². The second-order valence-electron chi connectivity index (χ2n) is 3.28. The normalized spacial score (nSPS) is 10.4. The molecule has 0 aliphatic carbocycles. The van der Waals surface area contributed by atoms with Gasteiger partial charge in [0.15, 0.2) is 6.20 Å². The van der Waals surface area contributed by atoms with Crippen LogP contribution in [0.25, 0.3) is 17.0 Å². The summed E-state index contributed by atoms with van der Waals surface area (Å²) >= 11 is 0. The van der Waals surface area contributed by atoms with Gasteiger partial charge in [-0.2, -0.15) is 4.57 Å². The molecule has 0 spiro atoms. The predicted octanol–water partition coefficient (Wildman–Crippen LogP) is 2.79. The van der Waals surface area contributed by atoms with Crippen molar-refractivity contribution >= 4 is 17.0 Å². The molecule has 0 amide bonds. The molecule has 0 fully saturated rings. The molecule has 1 heterocycles. The minimum Gasteiger partial charge on any atom is -0.199 e. The van der Waals surface area contributed by atoms with Crippen molar-refractivity contribution in [1.82, 2.24) is 0 Å². The van der Waals surface area contributed by atoms with E-state index in [2.05, 4.69) is 54.6 Å². The van der Waals surface area contributed by atoms with Gasteiger partial charge in [-0.1, -0.05) is 24.8 Å². The van der Waals surface area contributed by atoms with E-state index < -0.39 is 0 Å². The summed E-state index contributed by atoms with van der Waals surface area (Å²) in [5, 5.41) is 1.27. The Morgan fingerprint density at radius 3 is 2.79 bits per heavy atom. The lowest BCUT2D eigenvalue weighted by Crippen LogP contribution is -2.32. The van der Waals surface area contributed by atoms with Gasteiger partial charge in [0, 0.05) is 12.1 Å². The Kier molecular flexibility index (Phi) is 2.32. The smallest absolute Gasteiger partial charge is 0.199 e. The Bertz CT molecular complexity index is 472. The topological polar surface area (TPSA) is 3.88 Å². The van der Waals surface area contributed by atoms with Crippen LogP contribution in [0.15, 0.2) is 43.1 Å². The second kappa shape index (κ2) is 3.62. The Morgan fingerprint density at radius 2 is 2.07 bits per heavy atom. The minimum absolute atomic E-state index is 0.998. The maximum Gasteiger partial charge on any atom is 0.213 e. The van der Waals surface area contributed by atoms with Crippen molar-refractivity contribution in [3.8, 4) is 0 Å². The molecule has 0 radical (unpaired) electrons. The molecule has 1 aromatic heterocycles. The minimum atomic E-state index is 0.998. The van der Waals surface area contributed by atoms with Crippen LogP contribution in [0.1, 0.15) is 12.5 Å². The number of hydrogen-bond acceptors (Lipinski definition) is 0. The molecular formula is C13H14N+. The third kappa shape index (κ3) is 1.31. The van der Waals surface area contributed by atoms with E-state index in [4.69, 9.17) is 0 Å². The maximum atomic E-state index is 3.83. The van der Waals surface area contributed by atoms with Crippen molar-refractivity contribution in [2.45, 2.75) is 13.5 Å². The Labute approximate surface area is 84.3 Å². The third-order valence-corrected chi connectivity index (χ3v) is 2.52. The molecule has 1 aromatic carbocycles. The van der Waals surface area contributed by atoms with Gasteiger partial charge in [0.05, 0.1) is 5.39 Å². The monoisotopic (exact) mass is 184 g/mol. The van der Waals surface area contributed by atoms with Gasteiger partial charge in [0.1, 0.15) is 6.54 Å². The molecule has 0 saturated heterocycles. The van der Waals surface area contributed by atoms with Crippen LogP contribution in [-0.2, 0) is 6.54 Å². The van der Waals surface area contributed by atoms with E-state index in [-0.39, 0.29) is 0 Å². The van der Waals surface area contributed by atoms with Gasteiger partial charge >= 0.3 is 0 Å². The zero-order valence-corrected chi connectivity index (χ0v) is 8.40. The number of fused-ring (bicyclic) bond motifs is 1. The van der Waals surface area contributed by atoms with E-state index in [1.807, 2.05) is 6.08 Å². The SMILES string of the molecule is C=Cc1cc[n+](CC)c2ccccc12. The van der Waals surface area contributed by atoms with Crippen LogP contribution < -0.4 is 4.57 Å². The quantitative estimate of drug-likeness (QED) is 0.632. The number of aromatic nitrogens is 1. The Morgan fingerprint density at radius 1 is 1.29 bits per heavy atom. The first-order valence-corrected chi connectivity index (χ1v) is 4.90. The first-order chi connectivity index (χ1) is 6.86. The van der Waals surface area contributed by atoms with E-state index in [0.29, 0.717) is 0 Å². The zero-order valence-electron chi connectivity index (χ0n) is 8.40. The summed E-state index contributed by atoms with van der Waals surface area (Å²) < 4.78 is 2.24. The lowest BCUT2D eigenvalue weighted by atomic mass is 10.1. The molecule has 1 nitrogen and oxygen atoms in total. The number of nitrogens with zero attached hydrogens (tertiary/aromatic N) is 1. The van der Waals surface area contributed by atoms with Gasteiger partial charge in [-0.3, -0.25) is 0 Å². The average molecular weight is 184 g/mol. The average Bonchev–Trinajstić information content (AvgIpc) is 2.27. The van der Waals surface area contributed by atoms with Crippen molar-refractivity contribution in [2.75, 3.05) is 0 Å². The van der Waals surface area contributed by atoms with Crippen LogP contribution in [-0.4, -0.2) is 0 Å². The van der Waals surface area contributed by atoms with Crippen LogP contribution in [0, 0.1) is 0 Å². The fourth-order valence-corrected chi connectivity index (χ4v) is 1.76.